The van der Waals surface area contributed by atoms with Crippen molar-refractivity contribution in [2.45, 2.75) is 288 Å². The second-order valence-electron chi connectivity index (χ2n) is 29.1. The molecule has 10 aliphatic rings. The van der Waals surface area contributed by atoms with Gasteiger partial charge in [0.25, 0.3) is 0 Å². The number of methoxy groups -OCH3 is 1. The molecule has 2 bridgehead atoms. The summed E-state index contributed by atoms with van der Waals surface area (Å²) in [5.74, 6) is -6.32. The molecule has 4 aliphatic carbocycles. The monoisotopic (exact) mass is 1310 g/mol. The van der Waals surface area contributed by atoms with Crippen molar-refractivity contribution in [1.29, 1.82) is 0 Å². The van der Waals surface area contributed by atoms with Gasteiger partial charge in [0.1, 0.15) is 29.8 Å². The number of carbonyl (C=O) groups excluding carboxylic acids is 5. The van der Waals surface area contributed by atoms with Crippen LogP contribution in [0.5, 0.6) is 0 Å². The van der Waals surface area contributed by atoms with Crippen LogP contribution in [0, 0.1) is 46.8 Å². The van der Waals surface area contributed by atoms with Gasteiger partial charge in [-0.25, -0.2) is 9.59 Å². The molecule has 10 rings (SSSR count). The van der Waals surface area contributed by atoms with Gasteiger partial charge in [-0.05, 0) is 116 Å². The highest BCUT2D eigenvalue weighted by molar-refractivity contribution is 6.26. The Hall–Kier alpha value is -4.51. The summed E-state index contributed by atoms with van der Waals surface area (Å²) < 4.78 is 82.6. The minimum atomic E-state index is -2.13. The first-order valence-corrected chi connectivity index (χ1v) is 33.7. The van der Waals surface area contributed by atoms with Crippen LogP contribution in [0.3, 0.4) is 0 Å². The van der Waals surface area contributed by atoms with E-state index >= 15 is 4.79 Å². The first kappa shape index (κ1) is 71.3. The molecule has 6 aliphatic heterocycles. The summed E-state index contributed by atoms with van der Waals surface area (Å²) in [6.45, 7) is 24.2. The highest BCUT2D eigenvalue weighted by atomic mass is 16.8. The quantitative estimate of drug-likeness (QED) is 0.0347. The predicted octanol–water partition coefficient (Wildman–Crippen LogP) is 6.68. The largest absolute Gasteiger partial charge is 0.511 e. The van der Waals surface area contributed by atoms with Gasteiger partial charge in [-0.1, -0.05) is 64.5 Å². The third-order valence-electron chi connectivity index (χ3n) is 21.8. The van der Waals surface area contributed by atoms with Gasteiger partial charge < -0.3 is 93.1 Å². The van der Waals surface area contributed by atoms with E-state index in [0.29, 0.717) is 44.0 Å². The molecule has 0 aromatic heterocycles. The Labute approximate surface area is 545 Å². The lowest BCUT2D eigenvalue weighted by Crippen LogP contribution is -2.66. The third kappa shape index (κ3) is 14.4. The molecule has 1 unspecified atom stereocenters. The lowest BCUT2D eigenvalue weighted by atomic mass is 9.49. The Morgan fingerprint density at radius 2 is 1.34 bits per heavy atom. The number of aliphatic hydroxyl groups excluding tert-OH is 4. The number of aliphatic hydroxyl groups is 4. The minimum Gasteiger partial charge on any atom is -0.511 e. The molecule has 520 valence electrons. The van der Waals surface area contributed by atoms with Crippen molar-refractivity contribution >= 4 is 30.1 Å². The van der Waals surface area contributed by atoms with Crippen molar-refractivity contribution in [2.24, 2.45) is 52.6 Å². The zero-order valence-electron chi connectivity index (χ0n) is 56.3. The summed E-state index contributed by atoms with van der Waals surface area (Å²) in [6.07, 6.45) is -1.73. The van der Waals surface area contributed by atoms with Gasteiger partial charge in [0.15, 0.2) is 43.2 Å². The lowest BCUT2D eigenvalue weighted by molar-refractivity contribution is -0.331. The van der Waals surface area contributed by atoms with Gasteiger partial charge in [-0.3, -0.25) is 14.4 Å². The molecule has 1 saturated carbocycles. The Balaban J connectivity index is 0.906. The van der Waals surface area contributed by atoms with E-state index in [1.807, 2.05) is 46.8 Å². The van der Waals surface area contributed by atoms with Crippen molar-refractivity contribution in [3.8, 4) is 0 Å². The summed E-state index contributed by atoms with van der Waals surface area (Å²) in [5, 5.41) is 49.5. The van der Waals surface area contributed by atoms with Gasteiger partial charge in [0.2, 0.25) is 5.78 Å². The van der Waals surface area contributed by atoms with Crippen LogP contribution in [0.15, 0.2) is 58.4 Å². The lowest BCUT2D eigenvalue weighted by Gasteiger charge is -2.56. The third-order valence-corrected chi connectivity index (χ3v) is 21.8. The molecular formula is C69H102N2O22. The Kier molecular flexibility index (Phi) is 21.9. The van der Waals surface area contributed by atoms with Gasteiger partial charge in [-0.2, -0.15) is 0 Å². The molecule has 24 heteroatoms. The molecule has 0 aromatic rings. The first-order valence-electron chi connectivity index (χ1n) is 33.7. The molecule has 93 heavy (non-hydrogen) atoms. The molecule has 1 amide bonds. The molecule has 7 fully saturated rings. The van der Waals surface area contributed by atoms with Gasteiger partial charge >= 0.3 is 18.0 Å². The second-order valence-corrected chi connectivity index (χ2v) is 29.1. The summed E-state index contributed by atoms with van der Waals surface area (Å²) in [4.78, 5) is 68.8. The smallest absolute Gasteiger partial charge is 0.407 e. The summed E-state index contributed by atoms with van der Waals surface area (Å²) in [7, 11) is 1.26. The minimum absolute atomic E-state index is 0.0475. The maximum absolute atomic E-state index is 15.6. The molecule has 7 N–H and O–H groups in total. The predicted molar refractivity (Wildman–Crippen MR) is 332 cm³/mol. The average molecular weight is 1310 g/mol. The van der Waals surface area contributed by atoms with E-state index < -0.39 is 204 Å². The Bertz CT molecular complexity index is 2900. The second kappa shape index (κ2) is 28.5. The van der Waals surface area contributed by atoms with Crippen LogP contribution < -0.4 is 11.1 Å². The van der Waals surface area contributed by atoms with Crippen LogP contribution in [-0.2, 0) is 80.8 Å². The normalized spacial score (nSPS) is 48.3. The van der Waals surface area contributed by atoms with Crippen molar-refractivity contribution < 1.29 is 106 Å². The number of hydrogen-bond acceptors (Lipinski definition) is 23. The molecule has 24 nitrogen and oxygen atoms in total. The van der Waals surface area contributed by atoms with Crippen LogP contribution >= 0.6 is 0 Å². The van der Waals surface area contributed by atoms with E-state index in [1.54, 1.807) is 47.6 Å². The Morgan fingerprint density at radius 3 is 2.00 bits per heavy atom. The first-order chi connectivity index (χ1) is 43.9. The molecule has 0 radical (unpaired) electrons. The highest BCUT2D eigenvalue weighted by Gasteiger charge is 2.65. The fraction of sp³-hybridized carbons (Fsp3) is 0.783. The highest BCUT2D eigenvalue weighted by Crippen LogP contribution is 2.61. The number of fused-ring (bicyclic) bond motifs is 4. The van der Waals surface area contributed by atoms with Crippen LogP contribution in [0.1, 0.15) is 154 Å². The number of ketones is 1. The maximum Gasteiger partial charge on any atom is 0.407 e. The number of amides is 1. The molecule has 1 spiro atoms. The zero-order chi connectivity index (χ0) is 67.5. The molecule has 29 atom stereocenters. The molecular weight excluding hydrogens is 1210 g/mol. The number of aldehydes is 1. The standard InChI is InChI=1S/C69H102N2O22/c1-31(2)64(78)92-60-39(10)85-54(27-50(60)89-51-22-20-49(37(8)83-51)88-53-26-47(75)59(38(9)84-53)90-52-21-18-45(73)36(7)82-52)91-58-35(6)23-34(5)57-42(58)16-17-43-32(3)15-19-48(87-55-29-67(12,70)61(40(11)86-55)71-66(80)81-14)33(4)24-44-46(74)25-41(30-72)28-69(44)63(77)56(65(79)93-69)62(76)68(43,57)13/h15-17,24-25,30-31,34-40,42-55,57-61,73-76H,18-23,26-29,70H2,1-14H3,(H,71,80)/b32-15+,33-24+,62-56+/t34-,35-,36-,37-,38+,39-,40+,42-,43?,44+,45+,46-,47-,48-,49+,50-,51+,52-,53-,54-,55-,57+,58-,59+,60-,61-,67-,68+,69-/m0/s1. The zero-order valence-corrected chi connectivity index (χ0v) is 56.3. The number of nitrogens with two attached hydrogens (primary N) is 1. The van der Waals surface area contributed by atoms with Crippen LogP contribution in [0.4, 0.5) is 4.79 Å². The topological polar surface area (TPSA) is 324 Å². The summed E-state index contributed by atoms with van der Waals surface area (Å²) in [5.41, 5.74) is 3.19. The average Bonchev–Trinajstić information content (AvgIpc) is 1.69. The van der Waals surface area contributed by atoms with Crippen molar-refractivity contribution in [2.75, 3.05) is 7.11 Å². The van der Waals surface area contributed by atoms with E-state index in [2.05, 4.69) is 25.2 Å². The number of Topliss-reactive ketones (excluding diaryl/α,β-unsaturated/α-hetero) is 1. The molecule has 0 aromatic carbocycles. The number of ether oxygens (including phenoxy) is 13. The fourth-order valence-electron chi connectivity index (χ4n) is 16.9. The van der Waals surface area contributed by atoms with Gasteiger partial charge in [0, 0.05) is 61.3 Å². The molecule has 6 saturated heterocycles. The SMILES string of the molecule is COC(=O)N[C@H]1[C@@H](C)O[C@@H](O[C@H]2C/C=C(\C)C3C=C[C@@H]4[C@@H](O[C@H]5C[C@H](O[C@@H]6CC[C@@H](O[C@H]7C[C@H](O)[C@H](O[C@H]8CC[C@@H](O)[C@H](C)O8)[C@@H](C)O7)[C@H](C)O6)[C@@H](OC(=O)C(C)C)[C@H](C)O5)[C@@H](C)C[C@H](C)[C@H]4[C@]3(C)/C(O)=C3\C(=O)O[C@]4(CC(C=O)=C[C@H](O)[C@H]4/C=C/2C)C3=O)C[C@]1(C)N. The fourth-order valence-corrected chi connectivity index (χ4v) is 16.9. The molecule has 6 heterocycles. The van der Waals surface area contributed by atoms with Crippen molar-refractivity contribution in [1.82, 2.24) is 5.32 Å². The van der Waals surface area contributed by atoms with Crippen molar-refractivity contribution in [3.05, 3.63) is 58.4 Å². The van der Waals surface area contributed by atoms with Crippen LogP contribution in [0.25, 0.3) is 0 Å². The number of nitrogens with one attached hydrogen (secondary N) is 1. The number of hydrogen-bond donors (Lipinski definition) is 6. The van der Waals surface area contributed by atoms with Crippen LogP contribution in [0.2, 0.25) is 0 Å². The number of rotatable bonds is 14. The summed E-state index contributed by atoms with van der Waals surface area (Å²) >= 11 is 0. The van der Waals surface area contributed by atoms with Crippen LogP contribution in [-0.4, -0.2) is 192 Å². The van der Waals surface area contributed by atoms with Crippen molar-refractivity contribution in [3.63, 3.8) is 0 Å². The van der Waals surface area contributed by atoms with E-state index in [0.717, 1.165) is 5.57 Å². The Morgan fingerprint density at radius 1 is 0.710 bits per heavy atom. The number of carbonyl (C=O) groups is 5. The summed E-state index contributed by atoms with van der Waals surface area (Å²) in [6, 6.07) is -0.639. The van der Waals surface area contributed by atoms with E-state index in [9.17, 15) is 39.6 Å². The maximum atomic E-state index is 15.6. The van der Waals surface area contributed by atoms with E-state index in [-0.39, 0.29) is 49.5 Å². The number of allylic oxidation sites excluding steroid dienone is 3. The number of esters is 2. The number of alkyl carbamates (subject to hydrolysis) is 1. The van der Waals surface area contributed by atoms with Gasteiger partial charge in [-0.15, -0.1) is 0 Å². The van der Waals surface area contributed by atoms with E-state index in [4.69, 9.17) is 67.3 Å². The van der Waals surface area contributed by atoms with E-state index in [1.165, 1.54) is 13.2 Å². The van der Waals surface area contributed by atoms with Gasteiger partial charge in [0.05, 0.1) is 92.1 Å².